The van der Waals surface area contributed by atoms with E-state index in [1.807, 2.05) is 18.2 Å². The molecule has 4 rings (SSSR count). The van der Waals surface area contributed by atoms with Crippen LogP contribution in [0.3, 0.4) is 0 Å². The fourth-order valence-electron chi connectivity index (χ4n) is 3.52. The van der Waals surface area contributed by atoms with Gasteiger partial charge in [0, 0.05) is 5.02 Å². The maximum Gasteiger partial charge on any atom is 0.142 e. The lowest BCUT2D eigenvalue weighted by molar-refractivity contribution is 0.419. The van der Waals surface area contributed by atoms with E-state index in [2.05, 4.69) is 22.0 Å². The Balaban J connectivity index is 1.68. The van der Waals surface area contributed by atoms with Gasteiger partial charge in [-0.05, 0) is 55.8 Å². The standard InChI is InChI=1S/C19H19Cl2FN4/c20-13-10-14(21)15(22)9-12(13)11-24-18-19(5-7-23-8-6-19)26-17-4-2-1-3-16(17)25-18/h1-4,9-10,23,26H,5-8,11H2,(H,24,25). The molecule has 0 radical (unpaired) electrons. The molecule has 2 heterocycles. The molecule has 0 unspecified atom stereocenters. The molecule has 0 saturated carbocycles. The number of benzene rings is 2. The minimum absolute atomic E-state index is 0.0209. The Morgan fingerprint density at radius 2 is 1.77 bits per heavy atom. The molecule has 136 valence electrons. The summed E-state index contributed by atoms with van der Waals surface area (Å²) in [4.78, 5) is 4.78. The third-order valence-electron chi connectivity index (χ3n) is 4.96. The van der Waals surface area contributed by atoms with Gasteiger partial charge in [0.25, 0.3) is 0 Å². The highest BCUT2D eigenvalue weighted by Gasteiger charge is 2.40. The van der Waals surface area contributed by atoms with Crippen LogP contribution in [0.15, 0.2) is 41.4 Å². The molecule has 0 amide bonds. The maximum atomic E-state index is 13.8. The van der Waals surface area contributed by atoms with Gasteiger partial charge in [-0.15, -0.1) is 0 Å². The number of fused-ring (bicyclic) bond motifs is 1. The second kappa shape index (κ2) is 7.06. The van der Waals surface area contributed by atoms with E-state index in [9.17, 15) is 4.39 Å². The second-order valence-electron chi connectivity index (χ2n) is 6.65. The van der Waals surface area contributed by atoms with E-state index in [1.54, 1.807) is 0 Å². The number of halogens is 3. The second-order valence-corrected chi connectivity index (χ2v) is 7.46. The van der Waals surface area contributed by atoms with Gasteiger partial charge in [-0.3, -0.25) is 4.99 Å². The molecule has 2 aromatic rings. The topological polar surface area (TPSA) is 48.5 Å². The molecule has 4 nitrogen and oxygen atoms in total. The quantitative estimate of drug-likeness (QED) is 0.649. The van der Waals surface area contributed by atoms with Crippen LogP contribution in [0.5, 0.6) is 0 Å². The molecule has 0 atom stereocenters. The first-order valence-electron chi connectivity index (χ1n) is 8.61. The summed E-state index contributed by atoms with van der Waals surface area (Å²) in [5.74, 6) is 0.382. The summed E-state index contributed by atoms with van der Waals surface area (Å²) in [5.41, 5.74) is 2.43. The molecular formula is C19H19Cl2FN4. The zero-order valence-corrected chi connectivity index (χ0v) is 15.6. The van der Waals surface area contributed by atoms with Crippen molar-refractivity contribution in [2.24, 2.45) is 4.99 Å². The SMILES string of the molecule is Fc1cc(CN=C2Nc3ccccc3NC23CCNCC3)c(Cl)cc1Cl. The van der Waals surface area contributed by atoms with Crippen molar-refractivity contribution in [2.45, 2.75) is 24.9 Å². The predicted octanol–water partition coefficient (Wildman–Crippen LogP) is 4.69. The van der Waals surface area contributed by atoms with Crippen LogP contribution >= 0.6 is 23.2 Å². The third kappa shape index (κ3) is 3.27. The Kier molecular flexibility index (Phi) is 4.78. The van der Waals surface area contributed by atoms with Gasteiger partial charge in [0.2, 0.25) is 0 Å². The highest BCUT2D eigenvalue weighted by atomic mass is 35.5. The van der Waals surface area contributed by atoms with E-state index in [0.717, 1.165) is 43.1 Å². The maximum absolute atomic E-state index is 13.8. The normalized spacial score (nSPS) is 19.7. The first kappa shape index (κ1) is 17.6. The summed E-state index contributed by atoms with van der Waals surface area (Å²) >= 11 is 12.0. The Labute approximate surface area is 161 Å². The summed E-state index contributed by atoms with van der Waals surface area (Å²) < 4.78 is 13.8. The van der Waals surface area contributed by atoms with E-state index in [0.29, 0.717) is 10.6 Å². The average molecular weight is 393 g/mol. The van der Waals surface area contributed by atoms with Crippen molar-refractivity contribution in [2.75, 3.05) is 23.7 Å². The molecule has 2 aliphatic rings. The number of hydrogen-bond acceptors (Lipinski definition) is 3. The van der Waals surface area contributed by atoms with Crippen molar-refractivity contribution in [3.05, 3.63) is 57.8 Å². The fourth-order valence-corrected chi connectivity index (χ4v) is 3.96. The number of hydrogen-bond donors (Lipinski definition) is 3. The number of amidine groups is 1. The van der Waals surface area contributed by atoms with Crippen LogP contribution in [-0.4, -0.2) is 24.5 Å². The largest absolute Gasteiger partial charge is 0.371 e. The van der Waals surface area contributed by atoms with Crippen LogP contribution in [0, 0.1) is 5.82 Å². The lowest BCUT2D eigenvalue weighted by atomic mass is 9.84. The molecule has 0 aliphatic carbocycles. The first-order valence-corrected chi connectivity index (χ1v) is 9.36. The zero-order chi connectivity index (χ0) is 18.1. The first-order chi connectivity index (χ1) is 12.6. The van der Waals surface area contributed by atoms with Gasteiger partial charge in [0.05, 0.1) is 28.5 Å². The molecule has 1 fully saturated rings. The summed E-state index contributed by atoms with van der Waals surface area (Å²) in [7, 11) is 0. The van der Waals surface area contributed by atoms with Crippen LogP contribution in [0.2, 0.25) is 10.0 Å². The Morgan fingerprint density at radius 1 is 1.04 bits per heavy atom. The van der Waals surface area contributed by atoms with Crippen molar-refractivity contribution in [1.29, 1.82) is 0 Å². The number of anilines is 2. The molecule has 2 aromatic carbocycles. The van der Waals surface area contributed by atoms with Crippen LogP contribution in [-0.2, 0) is 6.54 Å². The molecule has 0 aromatic heterocycles. The fraction of sp³-hybridized carbons (Fsp3) is 0.316. The summed E-state index contributed by atoms with van der Waals surface area (Å²) in [6.45, 7) is 2.10. The van der Waals surface area contributed by atoms with E-state index in [4.69, 9.17) is 28.2 Å². The minimum atomic E-state index is -0.483. The van der Waals surface area contributed by atoms with Gasteiger partial charge in [-0.1, -0.05) is 35.3 Å². The number of aliphatic imine (C=N–C) groups is 1. The number of rotatable bonds is 2. The van der Waals surface area contributed by atoms with Crippen LogP contribution < -0.4 is 16.0 Å². The van der Waals surface area contributed by atoms with E-state index < -0.39 is 5.82 Å². The molecule has 0 bridgehead atoms. The third-order valence-corrected chi connectivity index (χ3v) is 5.60. The van der Waals surface area contributed by atoms with Gasteiger partial charge in [0.1, 0.15) is 11.7 Å². The summed E-state index contributed by atoms with van der Waals surface area (Å²) in [5, 5.41) is 11.0. The Morgan fingerprint density at radius 3 is 2.54 bits per heavy atom. The van der Waals surface area contributed by atoms with Crippen LogP contribution in [0.25, 0.3) is 0 Å². The van der Waals surface area contributed by atoms with Crippen LogP contribution in [0.1, 0.15) is 18.4 Å². The summed E-state index contributed by atoms with van der Waals surface area (Å²) in [6.07, 6.45) is 1.83. The van der Waals surface area contributed by atoms with Crippen molar-refractivity contribution in [3.63, 3.8) is 0 Å². The highest BCUT2D eigenvalue weighted by Crippen LogP contribution is 2.36. The lowest BCUT2D eigenvalue weighted by Gasteiger charge is -2.44. The highest BCUT2D eigenvalue weighted by molar-refractivity contribution is 6.35. The van der Waals surface area contributed by atoms with Crippen LogP contribution in [0.4, 0.5) is 15.8 Å². The zero-order valence-electron chi connectivity index (χ0n) is 14.1. The Bertz CT molecular complexity index is 863. The molecule has 26 heavy (non-hydrogen) atoms. The van der Waals surface area contributed by atoms with E-state index in [1.165, 1.54) is 12.1 Å². The predicted molar refractivity (Wildman–Crippen MR) is 106 cm³/mol. The van der Waals surface area contributed by atoms with Crippen molar-refractivity contribution in [3.8, 4) is 0 Å². The van der Waals surface area contributed by atoms with Crippen molar-refractivity contribution < 1.29 is 4.39 Å². The molecule has 3 N–H and O–H groups in total. The van der Waals surface area contributed by atoms with E-state index >= 15 is 0 Å². The molecule has 1 saturated heterocycles. The lowest BCUT2D eigenvalue weighted by Crippen LogP contribution is -2.57. The number of nitrogens with one attached hydrogen (secondary N) is 3. The number of nitrogens with zero attached hydrogens (tertiary/aromatic N) is 1. The number of para-hydroxylation sites is 2. The summed E-state index contributed by atoms with van der Waals surface area (Å²) in [6, 6.07) is 10.9. The van der Waals surface area contributed by atoms with Crippen molar-refractivity contribution >= 4 is 40.4 Å². The van der Waals surface area contributed by atoms with Gasteiger partial charge < -0.3 is 16.0 Å². The van der Waals surface area contributed by atoms with Gasteiger partial charge in [-0.2, -0.15) is 0 Å². The van der Waals surface area contributed by atoms with Gasteiger partial charge in [0.15, 0.2) is 0 Å². The minimum Gasteiger partial charge on any atom is -0.371 e. The Hall–Kier alpha value is -1.82. The van der Waals surface area contributed by atoms with Crippen molar-refractivity contribution in [1.82, 2.24) is 5.32 Å². The molecule has 7 heteroatoms. The smallest absolute Gasteiger partial charge is 0.142 e. The monoisotopic (exact) mass is 392 g/mol. The van der Waals surface area contributed by atoms with Gasteiger partial charge >= 0.3 is 0 Å². The molecular weight excluding hydrogens is 374 g/mol. The van der Waals surface area contributed by atoms with E-state index in [-0.39, 0.29) is 17.1 Å². The molecule has 2 aliphatic heterocycles. The van der Waals surface area contributed by atoms with Gasteiger partial charge in [-0.25, -0.2) is 4.39 Å². The average Bonchev–Trinajstić information content (AvgIpc) is 2.64. The molecule has 1 spiro atoms. The number of piperidine rings is 1.